The number of hydrogen-bond donors (Lipinski definition) is 0. The summed E-state index contributed by atoms with van der Waals surface area (Å²) in [7, 11) is -0.712. The molecule has 2 nitrogen and oxygen atoms in total. The highest BCUT2D eigenvalue weighted by molar-refractivity contribution is 6.17. The third kappa shape index (κ3) is 32.1. The predicted molar refractivity (Wildman–Crippen MR) is 152 cm³/mol. The van der Waals surface area contributed by atoms with Gasteiger partial charge in [-0.3, -0.25) is 0 Å². The van der Waals surface area contributed by atoms with Crippen molar-refractivity contribution in [3.63, 3.8) is 0 Å². The lowest BCUT2D eigenvalue weighted by Crippen LogP contribution is -2.07. The quantitative estimate of drug-likeness (QED) is 0.0745. The van der Waals surface area contributed by atoms with Crippen LogP contribution in [0.2, 0.25) is 0 Å². The van der Waals surface area contributed by atoms with Gasteiger partial charge in [-0.1, -0.05) is 168 Å². The molecule has 0 saturated heterocycles. The van der Waals surface area contributed by atoms with Crippen LogP contribution in [-0.4, -0.2) is 23.2 Å². The second-order valence-electron chi connectivity index (χ2n) is 10.4. The van der Waals surface area contributed by atoms with Crippen molar-refractivity contribution >= 4 is 10.0 Å². The van der Waals surface area contributed by atoms with Crippen molar-refractivity contribution in [1.29, 1.82) is 0 Å². The van der Waals surface area contributed by atoms with Gasteiger partial charge in [0.1, 0.15) is 0 Å². The van der Waals surface area contributed by atoms with Crippen LogP contribution in [0.25, 0.3) is 0 Å². The van der Waals surface area contributed by atoms with E-state index in [-0.39, 0.29) is 0 Å². The van der Waals surface area contributed by atoms with E-state index < -0.39 is 10.0 Å². The van der Waals surface area contributed by atoms with Gasteiger partial charge in [0.25, 0.3) is 0 Å². The minimum Gasteiger partial charge on any atom is -0.399 e. The molecule has 0 radical (unpaired) electrons. The SMILES string of the molecule is CCCCCCCCCCCCCCCCO[SiH2]OCCCCCCCCCCCCCC. The molecule has 33 heavy (non-hydrogen) atoms. The van der Waals surface area contributed by atoms with E-state index in [0.29, 0.717) is 0 Å². The number of unbranched alkanes of at least 4 members (excludes halogenated alkanes) is 24. The van der Waals surface area contributed by atoms with E-state index in [2.05, 4.69) is 13.8 Å². The van der Waals surface area contributed by atoms with Crippen LogP contribution in [0.3, 0.4) is 0 Å². The van der Waals surface area contributed by atoms with Crippen molar-refractivity contribution in [3.8, 4) is 0 Å². The van der Waals surface area contributed by atoms with Crippen molar-refractivity contribution in [3.05, 3.63) is 0 Å². The third-order valence-corrected chi connectivity index (χ3v) is 7.86. The maximum Gasteiger partial charge on any atom is 0.304 e. The van der Waals surface area contributed by atoms with E-state index in [1.807, 2.05) is 0 Å². The Kier molecular flexibility index (Phi) is 32.3. The highest BCUT2D eigenvalue weighted by Crippen LogP contribution is 2.13. The summed E-state index contributed by atoms with van der Waals surface area (Å²) in [5.74, 6) is 0. The lowest BCUT2D eigenvalue weighted by atomic mass is 10.0. The van der Waals surface area contributed by atoms with E-state index in [1.165, 1.54) is 167 Å². The van der Waals surface area contributed by atoms with E-state index >= 15 is 0 Å². The highest BCUT2D eigenvalue weighted by atomic mass is 28.3. The molecule has 3 heteroatoms. The smallest absolute Gasteiger partial charge is 0.304 e. The normalized spacial score (nSPS) is 11.8. The lowest BCUT2D eigenvalue weighted by molar-refractivity contribution is 0.213. The average Bonchev–Trinajstić information content (AvgIpc) is 2.83. The van der Waals surface area contributed by atoms with E-state index in [4.69, 9.17) is 8.85 Å². The van der Waals surface area contributed by atoms with Crippen LogP contribution in [0.4, 0.5) is 0 Å². The number of hydrogen-bond acceptors (Lipinski definition) is 2. The van der Waals surface area contributed by atoms with Gasteiger partial charge in [0.2, 0.25) is 0 Å². The van der Waals surface area contributed by atoms with Gasteiger partial charge in [-0.05, 0) is 12.8 Å². The molecule has 0 aromatic heterocycles. The van der Waals surface area contributed by atoms with Gasteiger partial charge in [0.15, 0.2) is 0 Å². The van der Waals surface area contributed by atoms with Gasteiger partial charge < -0.3 is 8.85 Å². The minimum atomic E-state index is -0.712. The van der Waals surface area contributed by atoms with Crippen LogP contribution in [-0.2, 0) is 8.85 Å². The molecule has 0 amide bonds. The molecule has 0 unspecified atom stereocenters. The summed E-state index contributed by atoms with van der Waals surface area (Å²) in [4.78, 5) is 0. The fraction of sp³-hybridized carbons (Fsp3) is 1.00. The van der Waals surface area contributed by atoms with Gasteiger partial charge in [-0.25, -0.2) is 0 Å². The third-order valence-electron chi connectivity index (χ3n) is 6.95. The molecule has 200 valence electrons. The second-order valence-corrected chi connectivity index (χ2v) is 11.5. The van der Waals surface area contributed by atoms with Crippen LogP contribution >= 0.6 is 0 Å². The van der Waals surface area contributed by atoms with Gasteiger partial charge in [-0.15, -0.1) is 0 Å². The first kappa shape index (κ1) is 33.1. The fourth-order valence-electron chi connectivity index (χ4n) is 4.62. The first-order valence-corrected chi connectivity index (χ1v) is 16.7. The number of rotatable bonds is 30. The Morgan fingerprint density at radius 3 is 0.758 bits per heavy atom. The maximum atomic E-state index is 5.76. The molecule has 0 aliphatic heterocycles. The summed E-state index contributed by atoms with van der Waals surface area (Å²) >= 11 is 0. The van der Waals surface area contributed by atoms with Gasteiger partial charge in [0, 0.05) is 13.2 Å². The van der Waals surface area contributed by atoms with Crippen LogP contribution in [0.15, 0.2) is 0 Å². The van der Waals surface area contributed by atoms with Gasteiger partial charge >= 0.3 is 10.0 Å². The van der Waals surface area contributed by atoms with Crippen molar-refractivity contribution in [2.45, 2.75) is 181 Å². The summed E-state index contributed by atoms with van der Waals surface area (Å²) in [6.45, 7) is 6.46. The van der Waals surface area contributed by atoms with Crippen molar-refractivity contribution in [1.82, 2.24) is 0 Å². The molecule has 0 aromatic carbocycles. The highest BCUT2D eigenvalue weighted by Gasteiger charge is 1.96. The van der Waals surface area contributed by atoms with Crippen molar-refractivity contribution in [2.75, 3.05) is 13.2 Å². The molecule has 0 atom stereocenters. The van der Waals surface area contributed by atoms with Crippen molar-refractivity contribution < 1.29 is 8.85 Å². The molecule has 0 aliphatic rings. The molecule has 0 heterocycles. The minimum absolute atomic E-state index is 0.712. The zero-order chi connectivity index (χ0) is 23.9. The van der Waals surface area contributed by atoms with Gasteiger partial charge in [-0.2, -0.15) is 0 Å². The van der Waals surface area contributed by atoms with Gasteiger partial charge in [0.05, 0.1) is 0 Å². The van der Waals surface area contributed by atoms with E-state index in [9.17, 15) is 0 Å². The summed E-state index contributed by atoms with van der Waals surface area (Å²) in [5, 5.41) is 0. The molecule has 0 saturated carbocycles. The Morgan fingerprint density at radius 2 is 0.515 bits per heavy atom. The molecule has 0 aromatic rings. The zero-order valence-electron chi connectivity index (χ0n) is 23.3. The molecule has 0 N–H and O–H groups in total. The van der Waals surface area contributed by atoms with E-state index in [0.717, 1.165) is 13.2 Å². The van der Waals surface area contributed by atoms with Crippen LogP contribution in [0.1, 0.15) is 181 Å². The zero-order valence-corrected chi connectivity index (χ0v) is 24.7. The van der Waals surface area contributed by atoms with Crippen LogP contribution in [0, 0.1) is 0 Å². The fourth-order valence-corrected chi connectivity index (χ4v) is 5.38. The average molecular weight is 485 g/mol. The Bertz CT molecular complexity index is 294. The standard InChI is InChI=1S/C30H64O2Si/c1-3-5-7-9-11-13-15-17-18-20-22-24-26-28-30-32-33-31-29-27-25-23-21-19-16-14-12-10-8-6-4-2/h3-30,33H2,1-2H3. The first-order valence-electron chi connectivity index (χ1n) is 15.6. The molecule has 0 fully saturated rings. The molecule has 0 bridgehead atoms. The second kappa shape index (κ2) is 32.1. The molecule has 0 aliphatic carbocycles. The summed E-state index contributed by atoms with van der Waals surface area (Å²) < 4.78 is 11.5. The molecular formula is C30H64O2Si. The predicted octanol–water partition coefficient (Wildman–Crippen LogP) is 10.2. The Balaban J connectivity index is 2.99. The topological polar surface area (TPSA) is 18.5 Å². The Labute approximate surface area is 212 Å². The van der Waals surface area contributed by atoms with E-state index in [1.54, 1.807) is 0 Å². The molecule has 0 spiro atoms. The van der Waals surface area contributed by atoms with Crippen LogP contribution < -0.4 is 0 Å². The maximum absolute atomic E-state index is 5.76. The monoisotopic (exact) mass is 484 g/mol. The largest absolute Gasteiger partial charge is 0.399 e. The van der Waals surface area contributed by atoms with Crippen LogP contribution in [0.5, 0.6) is 0 Å². The lowest BCUT2D eigenvalue weighted by Gasteiger charge is -2.06. The summed E-state index contributed by atoms with van der Waals surface area (Å²) in [6, 6.07) is 0. The molecule has 0 rings (SSSR count). The first-order chi connectivity index (χ1) is 16.4. The summed E-state index contributed by atoms with van der Waals surface area (Å²) in [5.41, 5.74) is 0. The van der Waals surface area contributed by atoms with Crippen molar-refractivity contribution in [2.24, 2.45) is 0 Å². The Morgan fingerprint density at radius 1 is 0.303 bits per heavy atom. The molecular weight excluding hydrogens is 420 g/mol. The Hall–Kier alpha value is 0.137. The summed E-state index contributed by atoms with van der Waals surface area (Å²) in [6.07, 6.45) is 36.7.